The number of alkyl halides is 1. The highest BCUT2D eigenvalue weighted by atomic mass is 79.9. The molecule has 0 aromatic heterocycles. The molecule has 5 heteroatoms. The number of halogens is 2. The lowest BCUT2D eigenvalue weighted by Crippen LogP contribution is -2.36. The Labute approximate surface area is 94.6 Å². The quantitative estimate of drug-likeness (QED) is 0.790. The normalized spacial score (nSPS) is 19.9. The predicted octanol–water partition coefficient (Wildman–Crippen LogP) is 2.95. The van der Waals surface area contributed by atoms with Crippen LogP contribution in [0.3, 0.4) is 0 Å². The van der Waals surface area contributed by atoms with Crippen molar-refractivity contribution in [3.8, 4) is 0 Å². The number of hydrogen-bond donors (Lipinski definition) is 1. The van der Waals surface area contributed by atoms with Crippen LogP contribution in [0.15, 0.2) is 22.7 Å². The summed E-state index contributed by atoms with van der Waals surface area (Å²) in [5.41, 5.74) is 1.31. The van der Waals surface area contributed by atoms with E-state index in [0.29, 0.717) is 10.0 Å². The summed E-state index contributed by atoms with van der Waals surface area (Å²) in [4.78, 5) is 11.8. The minimum atomic E-state index is -1.25. The number of nitrogens with zero attached hydrogens (tertiary/aromatic N) is 1. The number of carbonyl (C=O) groups is 1. The standard InChI is InChI=1S/C10H9BrFNO2/c11-7-3-1-2-6-4-13(10(14)15)5-8(12)9(6)7/h1-3,8H,4-5H2,(H,14,15). The average Bonchev–Trinajstić information content (AvgIpc) is 2.17. The van der Waals surface area contributed by atoms with E-state index in [4.69, 9.17) is 5.11 Å². The van der Waals surface area contributed by atoms with Crippen molar-refractivity contribution < 1.29 is 14.3 Å². The van der Waals surface area contributed by atoms with Gasteiger partial charge in [-0.1, -0.05) is 28.1 Å². The van der Waals surface area contributed by atoms with E-state index in [9.17, 15) is 9.18 Å². The molecule has 2 rings (SSSR count). The first kappa shape index (κ1) is 10.4. The maximum atomic E-state index is 13.7. The fraction of sp³-hybridized carbons (Fsp3) is 0.300. The van der Waals surface area contributed by atoms with Gasteiger partial charge in [-0.2, -0.15) is 0 Å². The fourth-order valence-electron chi connectivity index (χ4n) is 1.77. The van der Waals surface area contributed by atoms with Gasteiger partial charge in [-0.25, -0.2) is 9.18 Å². The zero-order valence-electron chi connectivity index (χ0n) is 7.78. The number of hydrogen-bond acceptors (Lipinski definition) is 1. The van der Waals surface area contributed by atoms with Crippen molar-refractivity contribution in [3.63, 3.8) is 0 Å². The highest BCUT2D eigenvalue weighted by Crippen LogP contribution is 2.34. The molecule has 1 aromatic carbocycles. The number of fused-ring (bicyclic) bond motifs is 1. The van der Waals surface area contributed by atoms with Gasteiger partial charge in [0.25, 0.3) is 0 Å². The molecule has 1 unspecified atom stereocenters. The molecule has 0 fully saturated rings. The van der Waals surface area contributed by atoms with E-state index in [0.717, 1.165) is 10.5 Å². The van der Waals surface area contributed by atoms with Crippen LogP contribution in [0.2, 0.25) is 0 Å². The largest absolute Gasteiger partial charge is 0.465 e. The first-order valence-corrected chi connectivity index (χ1v) is 5.28. The molecule has 1 aromatic rings. The molecule has 1 heterocycles. The van der Waals surface area contributed by atoms with Gasteiger partial charge in [0.2, 0.25) is 0 Å². The first-order valence-electron chi connectivity index (χ1n) is 4.49. The van der Waals surface area contributed by atoms with Crippen LogP contribution in [0, 0.1) is 0 Å². The highest BCUT2D eigenvalue weighted by Gasteiger charge is 2.29. The second-order valence-corrected chi connectivity index (χ2v) is 4.30. The summed E-state index contributed by atoms with van der Waals surface area (Å²) < 4.78 is 14.4. The SMILES string of the molecule is O=C(O)N1Cc2cccc(Br)c2C(F)C1. The Morgan fingerprint density at radius 2 is 2.33 bits per heavy atom. The van der Waals surface area contributed by atoms with Gasteiger partial charge in [0, 0.05) is 16.6 Å². The Hall–Kier alpha value is -1.10. The third-order valence-electron chi connectivity index (χ3n) is 2.47. The lowest BCUT2D eigenvalue weighted by atomic mass is 9.99. The van der Waals surface area contributed by atoms with Crippen molar-refractivity contribution in [2.75, 3.05) is 6.54 Å². The minimum Gasteiger partial charge on any atom is -0.465 e. The molecular weight excluding hydrogens is 265 g/mol. The molecule has 1 atom stereocenters. The molecule has 1 aliphatic heterocycles. The van der Waals surface area contributed by atoms with Crippen molar-refractivity contribution >= 4 is 22.0 Å². The van der Waals surface area contributed by atoms with Gasteiger partial charge in [-0.05, 0) is 11.6 Å². The van der Waals surface area contributed by atoms with Crippen LogP contribution in [0.5, 0.6) is 0 Å². The van der Waals surface area contributed by atoms with Crippen molar-refractivity contribution in [2.45, 2.75) is 12.7 Å². The summed E-state index contributed by atoms with van der Waals surface area (Å²) in [6, 6.07) is 5.30. The van der Waals surface area contributed by atoms with Gasteiger partial charge >= 0.3 is 6.09 Å². The van der Waals surface area contributed by atoms with E-state index in [1.54, 1.807) is 18.2 Å². The summed E-state index contributed by atoms with van der Waals surface area (Å²) in [6.07, 6.45) is -2.33. The summed E-state index contributed by atoms with van der Waals surface area (Å²) in [5.74, 6) is 0. The number of benzene rings is 1. The van der Waals surface area contributed by atoms with Crippen LogP contribution < -0.4 is 0 Å². The first-order chi connectivity index (χ1) is 7.09. The van der Waals surface area contributed by atoms with Crippen molar-refractivity contribution in [3.05, 3.63) is 33.8 Å². The topological polar surface area (TPSA) is 40.5 Å². The van der Waals surface area contributed by atoms with E-state index in [1.165, 1.54) is 0 Å². The molecule has 0 aliphatic carbocycles. The number of carboxylic acid groups (broad SMARTS) is 1. The number of amides is 1. The molecule has 1 N–H and O–H groups in total. The molecule has 3 nitrogen and oxygen atoms in total. The van der Waals surface area contributed by atoms with Crippen molar-refractivity contribution in [2.24, 2.45) is 0 Å². The average molecular weight is 274 g/mol. The summed E-state index contributed by atoms with van der Waals surface area (Å²) in [7, 11) is 0. The van der Waals surface area contributed by atoms with Crippen molar-refractivity contribution in [1.29, 1.82) is 0 Å². The maximum absolute atomic E-state index is 13.7. The molecule has 15 heavy (non-hydrogen) atoms. The van der Waals surface area contributed by atoms with Crippen LogP contribution in [-0.2, 0) is 6.54 Å². The van der Waals surface area contributed by atoms with Crippen molar-refractivity contribution in [1.82, 2.24) is 4.90 Å². The Kier molecular flexibility index (Phi) is 2.65. The van der Waals surface area contributed by atoms with Gasteiger partial charge in [-0.3, -0.25) is 0 Å². The third-order valence-corrected chi connectivity index (χ3v) is 3.16. The van der Waals surface area contributed by atoms with E-state index in [1.807, 2.05) is 0 Å². The van der Waals surface area contributed by atoms with Crippen LogP contribution in [0.25, 0.3) is 0 Å². The van der Waals surface area contributed by atoms with Gasteiger partial charge in [-0.15, -0.1) is 0 Å². The molecule has 0 bridgehead atoms. The van der Waals surface area contributed by atoms with Crippen LogP contribution in [0.4, 0.5) is 9.18 Å². The van der Waals surface area contributed by atoms with E-state index >= 15 is 0 Å². The monoisotopic (exact) mass is 273 g/mol. The molecule has 0 radical (unpaired) electrons. The fourth-order valence-corrected chi connectivity index (χ4v) is 2.43. The Morgan fingerprint density at radius 3 is 3.00 bits per heavy atom. The van der Waals surface area contributed by atoms with Gasteiger partial charge < -0.3 is 10.0 Å². The molecule has 0 saturated carbocycles. The minimum absolute atomic E-state index is 0.0923. The third kappa shape index (κ3) is 1.84. The Bertz CT molecular complexity index is 410. The molecule has 0 saturated heterocycles. The highest BCUT2D eigenvalue weighted by molar-refractivity contribution is 9.10. The van der Waals surface area contributed by atoms with Crippen LogP contribution >= 0.6 is 15.9 Å². The van der Waals surface area contributed by atoms with E-state index < -0.39 is 12.3 Å². The van der Waals surface area contributed by atoms with Gasteiger partial charge in [0.15, 0.2) is 0 Å². The molecular formula is C10H9BrFNO2. The van der Waals surface area contributed by atoms with Crippen LogP contribution in [0.1, 0.15) is 17.3 Å². The molecule has 1 amide bonds. The summed E-state index contributed by atoms with van der Waals surface area (Å²) in [6.45, 7) is 0.162. The molecule has 0 spiro atoms. The number of rotatable bonds is 0. The molecule has 80 valence electrons. The van der Waals surface area contributed by atoms with Crippen LogP contribution in [-0.4, -0.2) is 22.6 Å². The summed E-state index contributed by atoms with van der Waals surface area (Å²) >= 11 is 3.27. The Balaban J connectivity index is 2.40. The second kappa shape index (κ2) is 3.81. The maximum Gasteiger partial charge on any atom is 0.407 e. The smallest absolute Gasteiger partial charge is 0.407 e. The zero-order valence-corrected chi connectivity index (χ0v) is 9.37. The Morgan fingerprint density at radius 1 is 1.60 bits per heavy atom. The van der Waals surface area contributed by atoms with E-state index in [2.05, 4.69) is 15.9 Å². The predicted molar refractivity (Wildman–Crippen MR) is 56.4 cm³/mol. The second-order valence-electron chi connectivity index (χ2n) is 3.44. The zero-order chi connectivity index (χ0) is 11.0. The molecule has 1 aliphatic rings. The summed E-state index contributed by atoms with van der Waals surface area (Å²) in [5, 5.41) is 8.80. The van der Waals surface area contributed by atoms with Gasteiger partial charge in [0.1, 0.15) is 6.17 Å². The van der Waals surface area contributed by atoms with E-state index in [-0.39, 0.29) is 13.1 Å². The lowest BCUT2D eigenvalue weighted by Gasteiger charge is -2.29. The lowest BCUT2D eigenvalue weighted by molar-refractivity contribution is 0.117. The van der Waals surface area contributed by atoms with Gasteiger partial charge in [0.05, 0.1) is 6.54 Å².